The number of rotatable bonds is 5. The summed E-state index contributed by atoms with van der Waals surface area (Å²) in [5, 5.41) is 0. The van der Waals surface area contributed by atoms with Crippen LogP contribution in [0.4, 0.5) is 0 Å². The summed E-state index contributed by atoms with van der Waals surface area (Å²) < 4.78 is 29.4. The van der Waals surface area contributed by atoms with Crippen LogP contribution in [0.25, 0.3) is 4.13 Å². The first kappa shape index (κ1) is 16.2. The number of hydrogen-bond donors (Lipinski definition) is 0. The molecule has 2 rings (SSSR count). The van der Waals surface area contributed by atoms with Crippen LogP contribution >= 0.6 is 11.8 Å². The van der Waals surface area contributed by atoms with E-state index in [-0.39, 0.29) is 11.1 Å². The van der Waals surface area contributed by atoms with Crippen LogP contribution in [0.3, 0.4) is 0 Å². The van der Waals surface area contributed by atoms with E-state index in [1.54, 1.807) is 12.1 Å². The Kier molecular flexibility index (Phi) is 5.84. The lowest BCUT2D eigenvalue weighted by atomic mass is 10.2. The van der Waals surface area contributed by atoms with Gasteiger partial charge < -0.3 is 4.13 Å². The number of nitrogens with zero attached hydrogens (tertiary/aromatic N) is 1. The van der Waals surface area contributed by atoms with E-state index < -0.39 is 10.0 Å². The Bertz CT molecular complexity index is 526. The van der Waals surface area contributed by atoms with Crippen molar-refractivity contribution < 1.29 is 8.42 Å². The summed E-state index contributed by atoms with van der Waals surface area (Å²) in [7, 11) is -3.50. The van der Waals surface area contributed by atoms with E-state index in [4.69, 9.17) is 0 Å². The third-order valence-electron chi connectivity index (χ3n) is 3.14. The smallest absolute Gasteiger partial charge is 0.152 e. The Balaban J connectivity index is 2.12. The first-order valence-electron chi connectivity index (χ1n) is 6.89. The van der Waals surface area contributed by atoms with Gasteiger partial charge in [0.25, 0.3) is 0 Å². The fourth-order valence-corrected chi connectivity index (χ4v) is 8.46. The highest BCUT2D eigenvalue weighted by molar-refractivity contribution is 8.23. The molecule has 1 heterocycles. The molecule has 0 radical (unpaired) electrons. The van der Waals surface area contributed by atoms with Crippen molar-refractivity contribution >= 4 is 32.9 Å². The molecule has 112 valence electrons. The fraction of sp³-hybridized carbons (Fsp3) is 0.571. The molecule has 0 amide bonds. The number of hydrogen-bond acceptors (Lipinski definition) is 3. The molecule has 0 spiro atoms. The average Bonchev–Trinajstić information content (AvgIpc) is 2.41. The van der Waals surface area contributed by atoms with Gasteiger partial charge in [0, 0.05) is 18.6 Å². The molecule has 2 unspecified atom stereocenters. The van der Waals surface area contributed by atoms with E-state index >= 15 is 0 Å². The molecular formula is C14H21NO2S3. The van der Waals surface area contributed by atoms with Gasteiger partial charge in [0.15, 0.2) is 4.58 Å². The van der Waals surface area contributed by atoms with E-state index in [0.29, 0.717) is 9.48 Å². The lowest BCUT2D eigenvalue weighted by molar-refractivity contribution is 0.604. The fourth-order valence-electron chi connectivity index (χ4n) is 2.05. The van der Waals surface area contributed by atoms with Crippen LogP contribution in [0.5, 0.6) is 0 Å². The van der Waals surface area contributed by atoms with Crippen LogP contribution in [-0.4, -0.2) is 24.5 Å². The van der Waals surface area contributed by atoms with E-state index in [0.717, 1.165) is 36.3 Å². The summed E-state index contributed by atoms with van der Waals surface area (Å²) in [6.07, 6.45) is 3.21. The molecule has 1 saturated heterocycles. The van der Waals surface area contributed by atoms with Crippen LogP contribution in [0.1, 0.15) is 31.7 Å². The highest BCUT2D eigenvalue weighted by Gasteiger charge is 2.30. The quantitative estimate of drug-likeness (QED) is 0.770. The second kappa shape index (κ2) is 7.20. The number of benzene rings is 1. The number of thioether (sulfide) groups is 1. The maximum Gasteiger partial charge on any atom is 0.152 e. The lowest BCUT2D eigenvalue weighted by Gasteiger charge is -2.31. The summed E-state index contributed by atoms with van der Waals surface area (Å²) in [6.45, 7) is 4.09. The van der Waals surface area contributed by atoms with Crippen LogP contribution in [0.2, 0.25) is 0 Å². The molecule has 2 atom stereocenters. The Morgan fingerprint density at radius 2 is 2.05 bits per heavy atom. The molecule has 0 saturated carbocycles. The predicted molar refractivity (Wildman–Crippen MR) is 89.7 cm³/mol. The second-order valence-corrected chi connectivity index (χ2v) is 10.3. The van der Waals surface area contributed by atoms with E-state index in [1.807, 2.05) is 30.8 Å². The molecule has 6 heteroatoms. The molecular weight excluding hydrogens is 310 g/mol. The molecule has 1 aromatic carbocycles. The van der Waals surface area contributed by atoms with Crippen molar-refractivity contribution in [2.24, 2.45) is 0 Å². The van der Waals surface area contributed by atoms with Gasteiger partial charge in [-0.15, -0.1) is 11.8 Å². The summed E-state index contributed by atoms with van der Waals surface area (Å²) in [5.41, 5.74) is 1.06. The molecule has 3 nitrogen and oxygen atoms in total. The largest absolute Gasteiger partial charge is 0.311 e. The predicted octanol–water partition coefficient (Wildman–Crippen LogP) is 3.85. The first-order chi connectivity index (χ1) is 9.53. The van der Waals surface area contributed by atoms with Gasteiger partial charge in [-0.3, -0.25) is 0 Å². The van der Waals surface area contributed by atoms with Gasteiger partial charge in [0.1, 0.15) is 10.0 Å². The molecule has 0 N–H and O–H groups in total. The minimum Gasteiger partial charge on any atom is -0.311 e. The second-order valence-electron chi connectivity index (χ2n) is 4.91. The van der Waals surface area contributed by atoms with Crippen molar-refractivity contribution in [3.05, 3.63) is 34.0 Å². The SMILES string of the molecule is CCCC1SCCC[S+]1[N-]S(=O)(=O)c1ccc(C)cc1. The van der Waals surface area contributed by atoms with Crippen LogP contribution in [0, 0.1) is 6.92 Å². The monoisotopic (exact) mass is 331 g/mol. The van der Waals surface area contributed by atoms with Gasteiger partial charge >= 0.3 is 0 Å². The zero-order valence-electron chi connectivity index (χ0n) is 11.9. The van der Waals surface area contributed by atoms with E-state index in [1.165, 1.54) is 0 Å². The van der Waals surface area contributed by atoms with Crippen LogP contribution in [-0.2, 0) is 21.1 Å². The Morgan fingerprint density at radius 1 is 1.35 bits per heavy atom. The summed E-state index contributed by atoms with van der Waals surface area (Å²) in [4.78, 5) is 0.321. The normalized spacial score (nSPS) is 23.7. The molecule has 0 aliphatic carbocycles. The third kappa shape index (κ3) is 4.16. The van der Waals surface area contributed by atoms with Crippen molar-refractivity contribution in [3.63, 3.8) is 0 Å². The molecule has 1 aliphatic heterocycles. The van der Waals surface area contributed by atoms with Crippen molar-refractivity contribution in [1.29, 1.82) is 0 Å². The van der Waals surface area contributed by atoms with Crippen molar-refractivity contribution in [2.45, 2.75) is 42.6 Å². The number of sulfonamides is 1. The Hall–Kier alpha value is -0.170. The van der Waals surface area contributed by atoms with Gasteiger partial charge in [-0.25, -0.2) is 8.42 Å². The molecule has 1 fully saturated rings. The van der Waals surface area contributed by atoms with Crippen LogP contribution in [0.15, 0.2) is 29.2 Å². The molecule has 0 aromatic heterocycles. The zero-order chi connectivity index (χ0) is 14.6. The first-order valence-corrected chi connectivity index (χ1v) is 10.8. The average molecular weight is 332 g/mol. The van der Waals surface area contributed by atoms with E-state index in [2.05, 4.69) is 11.1 Å². The lowest BCUT2D eigenvalue weighted by Crippen LogP contribution is -2.27. The molecule has 20 heavy (non-hydrogen) atoms. The minimum absolute atomic E-state index is 0.321. The van der Waals surface area contributed by atoms with Crippen molar-refractivity contribution in [2.75, 3.05) is 11.5 Å². The molecule has 1 aliphatic rings. The van der Waals surface area contributed by atoms with Gasteiger partial charge in [-0.05, 0) is 19.1 Å². The highest BCUT2D eigenvalue weighted by atomic mass is 32.3. The Labute approximate surface area is 129 Å². The van der Waals surface area contributed by atoms with Gasteiger partial charge in [-0.1, -0.05) is 42.1 Å². The van der Waals surface area contributed by atoms with Crippen LogP contribution < -0.4 is 0 Å². The highest BCUT2D eigenvalue weighted by Crippen LogP contribution is 2.36. The van der Waals surface area contributed by atoms with Crippen molar-refractivity contribution in [1.82, 2.24) is 0 Å². The maximum atomic E-state index is 12.4. The van der Waals surface area contributed by atoms with Gasteiger partial charge in [-0.2, -0.15) is 0 Å². The van der Waals surface area contributed by atoms with E-state index in [9.17, 15) is 8.42 Å². The Morgan fingerprint density at radius 3 is 2.70 bits per heavy atom. The summed E-state index contributed by atoms with van der Waals surface area (Å²) >= 11 is 1.53. The molecule has 0 bridgehead atoms. The van der Waals surface area contributed by atoms with Gasteiger partial charge in [0.05, 0.1) is 10.6 Å². The summed E-state index contributed by atoms with van der Waals surface area (Å²) in [5.74, 6) is 2.05. The third-order valence-corrected chi connectivity index (χ3v) is 9.32. The van der Waals surface area contributed by atoms with Crippen molar-refractivity contribution in [3.8, 4) is 0 Å². The maximum absolute atomic E-state index is 12.4. The standard InChI is InChI=1S/C14H21NO2S3/c1-3-5-14-18-10-4-11-19(14)15-20(16,17)13-8-6-12(2)7-9-13/h6-9,14H,3-5,10-11H2,1-2H3. The topological polar surface area (TPSA) is 48.2 Å². The summed E-state index contributed by atoms with van der Waals surface area (Å²) in [6, 6.07) is 6.96. The minimum atomic E-state index is -3.50. The molecule has 1 aromatic rings. The zero-order valence-corrected chi connectivity index (χ0v) is 14.4. The van der Waals surface area contributed by atoms with Gasteiger partial charge in [0.2, 0.25) is 0 Å². The number of aryl methyl sites for hydroxylation is 1.